The van der Waals surface area contributed by atoms with E-state index in [2.05, 4.69) is 5.32 Å². The van der Waals surface area contributed by atoms with Crippen LogP contribution in [0.3, 0.4) is 0 Å². The van der Waals surface area contributed by atoms with Crippen molar-refractivity contribution in [1.29, 1.82) is 0 Å². The van der Waals surface area contributed by atoms with Crippen molar-refractivity contribution in [3.05, 3.63) is 22.7 Å². The minimum absolute atomic E-state index is 0.0655. The number of urea groups is 1. The molecule has 1 atom stereocenters. The molecule has 0 fully saturated rings. The maximum atomic E-state index is 11.7. The van der Waals surface area contributed by atoms with Gasteiger partial charge in [-0.3, -0.25) is 4.84 Å². The molecule has 1 aliphatic heterocycles. The molecular weight excluding hydrogens is 256 g/mol. The van der Waals surface area contributed by atoms with Gasteiger partial charge in [-0.25, -0.2) is 9.86 Å². The van der Waals surface area contributed by atoms with Gasteiger partial charge in [0.25, 0.3) is 0 Å². The maximum Gasteiger partial charge on any atom is 0.345 e. The zero-order chi connectivity index (χ0) is 13.3. The Kier molecular flexibility index (Phi) is 3.63. The van der Waals surface area contributed by atoms with Crippen LogP contribution in [0.2, 0.25) is 5.02 Å². The Balaban J connectivity index is 2.26. The van der Waals surface area contributed by atoms with Gasteiger partial charge in [0.2, 0.25) is 0 Å². The number of amides is 2. The molecule has 5 nitrogen and oxygen atoms in total. The minimum atomic E-state index is -0.346. The molecule has 6 heteroatoms. The van der Waals surface area contributed by atoms with E-state index >= 15 is 0 Å². The average molecular weight is 271 g/mol. The van der Waals surface area contributed by atoms with Gasteiger partial charge in [-0.2, -0.15) is 0 Å². The Morgan fingerprint density at radius 2 is 2.33 bits per heavy atom. The van der Waals surface area contributed by atoms with Gasteiger partial charge in [0, 0.05) is 24.7 Å². The van der Waals surface area contributed by atoms with E-state index in [1.807, 2.05) is 6.92 Å². The smallest absolute Gasteiger partial charge is 0.345 e. The van der Waals surface area contributed by atoms with Crippen molar-refractivity contribution in [2.75, 3.05) is 19.5 Å². The summed E-state index contributed by atoms with van der Waals surface area (Å²) in [4.78, 5) is 16.5. The summed E-state index contributed by atoms with van der Waals surface area (Å²) in [7, 11) is 2.96. The average Bonchev–Trinajstić information content (AvgIpc) is 2.74. The molecule has 1 aromatic carbocycles. The fourth-order valence-corrected chi connectivity index (χ4v) is 2.08. The zero-order valence-electron chi connectivity index (χ0n) is 10.5. The van der Waals surface area contributed by atoms with Crippen LogP contribution in [0.5, 0.6) is 5.75 Å². The largest absolute Gasteiger partial charge is 0.488 e. The molecule has 0 bridgehead atoms. The number of nitrogens with one attached hydrogen (secondary N) is 1. The van der Waals surface area contributed by atoms with Gasteiger partial charge in [-0.05, 0) is 19.1 Å². The molecule has 2 amide bonds. The van der Waals surface area contributed by atoms with Crippen LogP contribution in [0.25, 0.3) is 0 Å². The molecule has 1 unspecified atom stereocenters. The number of hydroxylamine groups is 2. The molecule has 0 radical (unpaired) electrons. The summed E-state index contributed by atoms with van der Waals surface area (Å²) in [5.41, 5.74) is 1.63. The van der Waals surface area contributed by atoms with E-state index in [1.54, 1.807) is 12.1 Å². The quantitative estimate of drug-likeness (QED) is 0.841. The number of hydrogen-bond donors (Lipinski definition) is 1. The lowest BCUT2D eigenvalue weighted by atomic mass is 10.1. The Labute approximate surface area is 111 Å². The number of carbonyl (C=O) groups excluding carboxylic acids is 1. The number of carbonyl (C=O) groups is 1. The Hall–Kier alpha value is -1.46. The summed E-state index contributed by atoms with van der Waals surface area (Å²) in [5.74, 6) is 0.655. The standard InChI is InChI=1S/C12H15ClN2O3/c1-7-6-8-10(14-12(16)15(2)17-3)5-4-9(13)11(8)18-7/h4-5,7H,6H2,1-3H3,(H,14,16). The Morgan fingerprint density at radius 1 is 1.61 bits per heavy atom. The van der Waals surface area contributed by atoms with Crippen LogP contribution in [0.4, 0.5) is 10.5 Å². The normalized spacial score (nSPS) is 17.0. The molecule has 0 spiro atoms. The number of anilines is 1. The fraction of sp³-hybridized carbons (Fsp3) is 0.417. The maximum absolute atomic E-state index is 11.7. The second kappa shape index (κ2) is 5.04. The van der Waals surface area contributed by atoms with E-state index in [9.17, 15) is 4.79 Å². The van der Waals surface area contributed by atoms with Crippen molar-refractivity contribution in [2.45, 2.75) is 19.4 Å². The van der Waals surface area contributed by atoms with E-state index in [4.69, 9.17) is 21.2 Å². The van der Waals surface area contributed by atoms with Crippen LogP contribution in [-0.2, 0) is 11.3 Å². The van der Waals surface area contributed by atoms with Crippen molar-refractivity contribution in [2.24, 2.45) is 0 Å². The topological polar surface area (TPSA) is 50.8 Å². The lowest BCUT2D eigenvalue weighted by molar-refractivity contribution is -0.0598. The van der Waals surface area contributed by atoms with E-state index in [1.165, 1.54) is 14.2 Å². The number of nitrogens with zero attached hydrogens (tertiary/aromatic N) is 1. The van der Waals surface area contributed by atoms with E-state index in [-0.39, 0.29) is 12.1 Å². The first kappa shape index (κ1) is 13.0. The zero-order valence-corrected chi connectivity index (χ0v) is 11.2. The number of halogens is 1. The van der Waals surface area contributed by atoms with Gasteiger partial charge < -0.3 is 10.1 Å². The number of rotatable bonds is 2. The van der Waals surface area contributed by atoms with Crippen LogP contribution < -0.4 is 10.1 Å². The van der Waals surface area contributed by atoms with Crippen LogP contribution in [0, 0.1) is 0 Å². The molecule has 1 heterocycles. The molecule has 2 rings (SSSR count). The molecule has 1 aromatic rings. The third kappa shape index (κ3) is 2.37. The number of ether oxygens (including phenoxy) is 1. The second-order valence-electron chi connectivity index (χ2n) is 4.15. The highest BCUT2D eigenvalue weighted by molar-refractivity contribution is 6.32. The Bertz CT molecular complexity index is 479. The molecule has 18 heavy (non-hydrogen) atoms. The molecule has 1 aliphatic rings. The summed E-state index contributed by atoms with van der Waals surface area (Å²) >= 11 is 6.06. The van der Waals surface area contributed by atoms with Crippen molar-refractivity contribution >= 4 is 23.3 Å². The first-order valence-electron chi connectivity index (χ1n) is 5.59. The first-order chi connectivity index (χ1) is 8.52. The van der Waals surface area contributed by atoms with Gasteiger partial charge in [0.15, 0.2) is 0 Å². The van der Waals surface area contributed by atoms with Crippen LogP contribution in [0.15, 0.2) is 12.1 Å². The predicted molar refractivity (Wildman–Crippen MR) is 69.0 cm³/mol. The Morgan fingerprint density at radius 3 is 3.00 bits per heavy atom. The number of benzene rings is 1. The minimum Gasteiger partial charge on any atom is -0.488 e. The number of hydrogen-bond acceptors (Lipinski definition) is 3. The monoisotopic (exact) mass is 270 g/mol. The van der Waals surface area contributed by atoms with Crippen LogP contribution >= 0.6 is 11.6 Å². The van der Waals surface area contributed by atoms with E-state index < -0.39 is 0 Å². The SMILES string of the molecule is CON(C)C(=O)Nc1ccc(Cl)c2c1CC(C)O2. The van der Waals surface area contributed by atoms with Gasteiger partial charge >= 0.3 is 6.03 Å². The fourth-order valence-electron chi connectivity index (χ4n) is 1.85. The molecule has 0 saturated heterocycles. The summed E-state index contributed by atoms with van der Waals surface area (Å²) < 4.78 is 5.62. The van der Waals surface area contributed by atoms with Gasteiger partial charge in [0.1, 0.15) is 11.9 Å². The summed E-state index contributed by atoms with van der Waals surface area (Å²) in [6.07, 6.45) is 0.790. The predicted octanol–water partition coefficient (Wildman–Crippen LogP) is 2.69. The van der Waals surface area contributed by atoms with Gasteiger partial charge in [-0.1, -0.05) is 11.6 Å². The van der Waals surface area contributed by atoms with Crippen molar-refractivity contribution < 1.29 is 14.4 Å². The highest BCUT2D eigenvalue weighted by Gasteiger charge is 2.25. The molecule has 0 aliphatic carbocycles. The van der Waals surface area contributed by atoms with E-state index in [0.29, 0.717) is 16.5 Å². The molecule has 1 N–H and O–H groups in total. The molecule has 0 saturated carbocycles. The van der Waals surface area contributed by atoms with Gasteiger partial charge in [-0.15, -0.1) is 0 Å². The summed E-state index contributed by atoms with van der Waals surface area (Å²) in [6.45, 7) is 1.96. The number of fused-ring (bicyclic) bond motifs is 1. The van der Waals surface area contributed by atoms with Gasteiger partial charge in [0.05, 0.1) is 12.1 Å². The van der Waals surface area contributed by atoms with Crippen LogP contribution in [0.1, 0.15) is 12.5 Å². The molecule has 0 aromatic heterocycles. The highest BCUT2D eigenvalue weighted by Crippen LogP contribution is 2.40. The lowest BCUT2D eigenvalue weighted by Crippen LogP contribution is -2.30. The second-order valence-corrected chi connectivity index (χ2v) is 4.55. The summed E-state index contributed by atoms with van der Waals surface area (Å²) in [5, 5.41) is 4.44. The summed E-state index contributed by atoms with van der Waals surface area (Å²) in [6, 6.07) is 3.13. The molecule has 98 valence electrons. The van der Waals surface area contributed by atoms with E-state index in [0.717, 1.165) is 17.0 Å². The van der Waals surface area contributed by atoms with Crippen molar-refractivity contribution in [3.8, 4) is 5.75 Å². The highest BCUT2D eigenvalue weighted by atomic mass is 35.5. The third-order valence-electron chi connectivity index (χ3n) is 2.82. The first-order valence-corrected chi connectivity index (χ1v) is 5.97. The molecular formula is C12H15ClN2O3. The lowest BCUT2D eigenvalue weighted by Gasteiger charge is -2.16. The third-order valence-corrected chi connectivity index (χ3v) is 3.12. The van der Waals surface area contributed by atoms with Crippen molar-refractivity contribution in [1.82, 2.24) is 5.06 Å². The van der Waals surface area contributed by atoms with Crippen LogP contribution in [-0.4, -0.2) is 31.4 Å². The van der Waals surface area contributed by atoms with Crippen molar-refractivity contribution in [3.63, 3.8) is 0 Å².